The van der Waals surface area contributed by atoms with Crippen molar-refractivity contribution in [2.75, 3.05) is 11.9 Å². The summed E-state index contributed by atoms with van der Waals surface area (Å²) in [6.07, 6.45) is 1.40. The third-order valence-electron chi connectivity index (χ3n) is 1.24. The second-order valence-electron chi connectivity index (χ2n) is 2.20. The Morgan fingerprint density at radius 2 is 2.46 bits per heavy atom. The highest BCUT2D eigenvalue weighted by atomic mass is 32.1. The van der Waals surface area contributed by atoms with Crippen molar-refractivity contribution in [3.8, 4) is 0 Å². The SMILES string of the molecule is NCC(F)(F)C(=O)Nc1nccs1. The summed E-state index contributed by atoms with van der Waals surface area (Å²) in [5.41, 5.74) is 4.71. The van der Waals surface area contributed by atoms with Gasteiger partial charge in [0.2, 0.25) is 0 Å². The van der Waals surface area contributed by atoms with E-state index in [2.05, 4.69) is 4.98 Å². The van der Waals surface area contributed by atoms with Gasteiger partial charge in [0.1, 0.15) is 0 Å². The van der Waals surface area contributed by atoms with Crippen LogP contribution in [0, 0.1) is 0 Å². The molecule has 1 aromatic rings. The molecule has 0 aliphatic heterocycles. The lowest BCUT2D eigenvalue weighted by atomic mass is 10.3. The van der Waals surface area contributed by atoms with Crippen molar-refractivity contribution in [2.24, 2.45) is 5.73 Å². The van der Waals surface area contributed by atoms with Gasteiger partial charge in [0.15, 0.2) is 5.13 Å². The summed E-state index contributed by atoms with van der Waals surface area (Å²) in [7, 11) is 0. The molecule has 0 aliphatic carbocycles. The molecule has 1 amide bonds. The maximum Gasteiger partial charge on any atom is 0.336 e. The van der Waals surface area contributed by atoms with Crippen LogP contribution in [-0.2, 0) is 4.79 Å². The van der Waals surface area contributed by atoms with Crippen LogP contribution in [0.3, 0.4) is 0 Å². The second-order valence-corrected chi connectivity index (χ2v) is 3.09. The van der Waals surface area contributed by atoms with Crippen molar-refractivity contribution in [1.82, 2.24) is 4.98 Å². The lowest BCUT2D eigenvalue weighted by Crippen LogP contribution is -2.41. The number of nitrogens with two attached hydrogens (primary N) is 1. The first-order chi connectivity index (χ1) is 6.06. The van der Waals surface area contributed by atoms with Gasteiger partial charge in [-0.2, -0.15) is 8.78 Å². The number of hydrogen-bond acceptors (Lipinski definition) is 4. The minimum Gasteiger partial charge on any atom is -0.325 e. The topological polar surface area (TPSA) is 68.0 Å². The molecule has 1 rings (SSSR count). The Kier molecular flexibility index (Phi) is 2.89. The summed E-state index contributed by atoms with van der Waals surface area (Å²) in [4.78, 5) is 14.4. The molecule has 13 heavy (non-hydrogen) atoms. The number of hydrogen-bond donors (Lipinski definition) is 2. The van der Waals surface area contributed by atoms with Crippen LogP contribution < -0.4 is 11.1 Å². The fraction of sp³-hybridized carbons (Fsp3) is 0.333. The molecular weight excluding hydrogens is 200 g/mol. The predicted molar refractivity (Wildman–Crippen MR) is 44.7 cm³/mol. The Labute approximate surface area is 76.8 Å². The van der Waals surface area contributed by atoms with Gasteiger partial charge in [-0.25, -0.2) is 4.98 Å². The third kappa shape index (κ3) is 2.43. The average Bonchev–Trinajstić information content (AvgIpc) is 2.57. The Balaban J connectivity index is 2.61. The van der Waals surface area contributed by atoms with Gasteiger partial charge >= 0.3 is 5.92 Å². The monoisotopic (exact) mass is 207 g/mol. The zero-order chi connectivity index (χ0) is 9.90. The molecule has 0 saturated carbocycles. The van der Waals surface area contributed by atoms with Gasteiger partial charge in [0.05, 0.1) is 6.54 Å². The van der Waals surface area contributed by atoms with Gasteiger partial charge in [-0.15, -0.1) is 11.3 Å². The van der Waals surface area contributed by atoms with E-state index >= 15 is 0 Å². The summed E-state index contributed by atoms with van der Waals surface area (Å²) in [6, 6.07) is 0. The molecule has 0 aliphatic rings. The van der Waals surface area contributed by atoms with Crippen LogP contribution in [0.2, 0.25) is 0 Å². The Morgan fingerprint density at radius 1 is 1.77 bits per heavy atom. The Hall–Kier alpha value is -1.08. The average molecular weight is 207 g/mol. The van der Waals surface area contributed by atoms with E-state index in [1.54, 1.807) is 5.38 Å². The molecule has 0 radical (unpaired) electrons. The van der Waals surface area contributed by atoms with Crippen LogP contribution in [0.5, 0.6) is 0 Å². The van der Waals surface area contributed by atoms with Gasteiger partial charge < -0.3 is 5.73 Å². The molecule has 0 atom stereocenters. The minimum absolute atomic E-state index is 0.137. The zero-order valence-corrected chi connectivity index (χ0v) is 7.28. The van der Waals surface area contributed by atoms with E-state index in [1.807, 2.05) is 5.32 Å². The van der Waals surface area contributed by atoms with Gasteiger partial charge in [-0.3, -0.25) is 10.1 Å². The second kappa shape index (κ2) is 3.75. The van der Waals surface area contributed by atoms with E-state index < -0.39 is 18.4 Å². The van der Waals surface area contributed by atoms with Crippen LogP contribution in [0.1, 0.15) is 0 Å². The maximum atomic E-state index is 12.6. The number of alkyl halides is 2. The predicted octanol–water partition coefficient (Wildman–Crippen LogP) is 0.676. The molecule has 7 heteroatoms. The maximum absolute atomic E-state index is 12.6. The van der Waals surface area contributed by atoms with E-state index in [0.717, 1.165) is 11.3 Å². The van der Waals surface area contributed by atoms with E-state index in [-0.39, 0.29) is 5.13 Å². The molecule has 0 bridgehead atoms. The molecule has 0 unspecified atom stereocenters. The van der Waals surface area contributed by atoms with Crippen LogP contribution in [0.15, 0.2) is 11.6 Å². The quantitative estimate of drug-likeness (QED) is 0.765. The lowest BCUT2D eigenvalue weighted by molar-refractivity contribution is -0.138. The number of nitrogens with one attached hydrogen (secondary N) is 1. The molecule has 3 N–H and O–H groups in total. The van der Waals surface area contributed by atoms with E-state index in [0.29, 0.717) is 0 Å². The molecule has 1 heterocycles. The lowest BCUT2D eigenvalue weighted by Gasteiger charge is -2.11. The number of anilines is 1. The fourth-order valence-electron chi connectivity index (χ4n) is 0.566. The van der Waals surface area contributed by atoms with Crippen LogP contribution in [0.25, 0.3) is 0 Å². The summed E-state index contributed by atoms with van der Waals surface area (Å²) < 4.78 is 25.2. The van der Waals surface area contributed by atoms with Gasteiger partial charge in [-0.05, 0) is 0 Å². The molecule has 72 valence electrons. The van der Waals surface area contributed by atoms with Crippen molar-refractivity contribution >= 4 is 22.4 Å². The van der Waals surface area contributed by atoms with E-state index in [4.69, 9.17) is 5.73 Å². The highest BCUT2D eigenvalue weighted by molar-refractivity contribution is 7.13. The number of carbonyl (C=O) groups is 1. The number of rotatable bonds is 3. The van der Waals surface area contributed by atoms with Crippen LogP contribution in [-0.4, -0.2) is 23.4 Å². The molecular formula is C6H7F2N3OS. The fourth-order valence-corrected chi connectivity index (χ4v) is 1.09. The Morgan fingerprint density at radius 3 is 2.92 bits per heavy atom. The highest BCUT2D eigenvalue weighted by Crippen LogP contribution is 2.16. The van der Waals surface area contributed by atoms with Crippen LogP contribution in [0.4, 0.5) is 13.9 Å². The van der Waals surface area contributed by atoms with Crippen molar-refractivity contribution in [3.05, 3.63) is 11.6 Å². The number of nitrogens with zero attached hydrogens (tertiary/aromatic N) is 1. The molecule has 0 fully saturated rings. The first kappa shape index (κ1) is 10.0. The number of halogens is 2. The summed E-state index contributed by atoms with van der Waals surface area (Å²) in [6.45, 7) is -1.01. The zero-order valence-electron chi connectivity index (χ0n) is 6.46. The van der Waals surface area contributed by atoms with Gasteiger partial charge in [0.25, 0.3) is 5.91 Å². The first-order valence-electron chi connectivity index (χ1n) is 3.35. The third-order valence-corrected chi connectivity index (χ3v) is 1.93. The van der Waals surface area contributed by atoms with Crippen molar-refractivity contribution in [3.63, 3.8) is 0 Å². The van der Waals surface area contributed by atoms with Crippen molar-refractivity contribution < 1.29 is 13.6 Å². The first-order valence-corrected chi connectivity index (χ1v) is 4.23. The Bertz CT molecular complexity index is 288. The highest BCUT2D eigenvalue weighted by Gasteiger charge is 2.37. The summed E-state index contributed by atoms with van der Waals surface area (Å²) >= 11 is 1.06. The minimum atomic E-state index is -3.54. The largest absolute Gasteiger partial charge is 0.336 e. The van der Waals surface area contributed by atoms with Gasteiger partial charge in [-0.1, -0.05) is 0 Å². The van der Waals surface area contributed by atoms with Crippen molar-refractivity contribution in [2.45, 2.75) is 5.92 Å². The molecule has 1 aromatic heterocycles. The summed E-state index contributed by atoms with van der Waals surface area (Å²) in [5, 5.41) is 3.65. The van der Waals surface area contributed by atoms with Crippen LogP contribution >= 0.6 is 11.3 Å². The number of amides is 1. The van der Waals surface area contributed by atoms with E-state index in [1.165, 1.54) is 6.20 Å². The molecule has 4 nitrogen and oxygen atoms in total. The number of thiazole rings is 1. The normalized spacial score (nSPS) is 11.3. The number of carbonyl (C=O) groups excluding carboxylic acids is 1. The van der Waals surface area contributed by atoms with Gasteiger partial charge in [0, 0.05) is 11.6 Å². The number of aromatic nitrogens is 1. The molecule has 0 saturated heterocycles. The van der Waals surface area contributed by atoms with Crippen molar-refractivity contribution in [1.29, 1.82) is 0 Å². The smallest absolute Gasteiger partial charge is 0.325 e. The molecule has 0 aromatic carbocycles. The molecule has 0 spiro atoms. The standard InChI is InChI=1S/C6H7F2N3OS/c7-6(8,3-9)4(12)11-5-10-1-2-13-5/h1-2H,3,9H2,(H,10,11,12). The summed E-state index contributed by atoms with van der Waals surface area (Å²) in [5.74, 6) is -4.96. The van der Waals surface area contributed by atoms with E-state index in [9.17, 15) is 13.6 Å².